The highest BCUT2D eigenvalue weighted by molar-refractivity contribution is 5.83. The molecular formula is C11H11NO. The van der Waals surface area contributed by atoms with Crippen molar-refractivity contribution >= 4 is 10.9 Å². The summed E-state index contributed by atoms with van der Waals surface area (Å²) in [5.41, 5.74) is 2.79. The molecule has 2 nitrogen and oxygen atoms in total. The lowest BCUT2D eigenvalue weighted by Crippen LogP contribution is -1.86. The Balaban J connectivity index is 2.89. The van der Waals surface area contributed by atoms with Gasteiger partial charge in [-0.15, -0.1) is 0 Å². The van der Waals surface area contributed by atoms with Crippen LogP contribution in [0.25, 0.3) is 10.9 Å². The van der Waals surface area contributed by atoms with Crippen LogP contribution < -0.4 is 0 Å². The lowest BCUT2D eigenvalue weighted by Gasteiger charge is -2.03. The maximum absolute atomic E-state index is 9.45. The number of benzene rings is 1. The number of pyridine rings is 1. The maximum atomic E-state index is 9.45. The highest BCUT2D eigenvalue weighted by Crippen LogP contribution is 2.22. The zero-order valence-electron chi connectivity index (χ0n) is 7.70. The molecule has 0 saturated heterocycles. The Morgan fingerprint density at radius 3 is 2.77 bits per heavy atom. The number of rotatable bonds is 0. The Labute approximate surface area is 76.9 Å². The van der Waals surface area contributed by atoms with Crippen molar-refractivity contribution in [2.75, 3.05) is 0 Å². The fourth-order valence-electron chi connectivity index (χ4n) is 1.43. The van der Waals surface area contributed by atoms with Gasteiger partial charge in [0, 0.05) is 5.39 Å². The predicted molar refractivity (Wildman–Crippen MR) is 52.9 cm³/mol. The van der Waals surface area contributed by atoms with Crippen LogP contribution in [0.2, 0.25) is 0 Å². The van der Waals surface area contributed by atoms with Crippen LogP contribution in [0.1, 0.15) is 11.3 Å². The van der Waals surface area contributed by atoms with Crippen LogP contribution in [0.3, 0.4) is 0 Å². The minimum absolute atomic E-state index is 0.262. The number of hydrogen-bond donors (Lipinski definition) is 1. The van der Waals surface area contributed by atoms with Crippen molar-refractivity contribution in [1.29, 1.82) is 0 Å². The molecule has 66 valence electrons. The average molecular weight is 173 g/mol. The second-order valence-corrected chi connectivity index (χ2v) is 3.24. The van der Waals surface area contributed by atoms with Crippen molar-refractivity contribution in [3.63, 3.8) is 0 Å². The Morgan fingerprint density at radius 2 is 2.00 bits per heavy atom. The summed E-state index contributed by atoms with van der Waals surface area (Å²) in [6.07, 6.45) is 0. The van der Waals surface area contributed by atoms with Crippen molar-refractivity contribution in [1.82, 2.24) is 4.98 Å². The summed E-state index contributed by atoms with van der Waals surface area (Å²) in [6, 6.07) is 7.69. The first-order valence-electron chi connectivity index (χ1n) is 4.24. The molecule has 0 amide bonds. The fraction of sp³-hybridized carbons (Fsp3) is 0.182. The van der Waals surface area contributed by atoms with E-state index in [1.807, 2.05) is 25.1 Å². The summed E-state index contributed by atoms with van der Waals surface area (Å²) in [4.78, 5) is 4.32. The van der Waals surface area contributed by atoms with E-state index in [0.717, 1.165) is 16.5 Å². The van der Waals surface area contributed by atoms with Gasteiger partial charge in [0.15, 0.2) is 0 Å². The fourth-order valence-corrected chi connectivity index (χ4v) is 1.43. The Kier molecular flexibility index (Phi) is 1.69. The number of aromatic nitrogens is 1. The Bertz CT molecular complexity index is 463. The van der Waals surface area contributed by atoms with Crippen molar-refractivity contribution in [2.24, 2.45) is 0 Å². The molecule has 0 aliphatic heterocycles. The molecule has 0 saturated carbocycles. The third kappa shape index (κ3) is 1.24. The molecule has 0 aliphatic rings. The zero-order valence-corrected chi connectivity index (χ0v) is 7.70. The largest absolute Gasteiger partial charge is 0.506 e. The van der Waals surface area contributed by atoms with Gasteiger partial charge in [0.05, 0.1) is 11.2 Å². The van der Waals surface area contributed by atoms with Crippen LogP contribution in [0.5, 0.6) is 5.75 Å². The number of hydrogen-bond acceptors (Lipinski definition) is 2. The van der Waals surface area contributed by atoms with E-state index in [1.54, 1.807) is 13.0 Å². The van der Waals surface area contributed by atoms with Gasteiger partial charge in [-0.2, -0.15) is 0 Å². The van der Waals surface area contributed by atoms with Crippen LogP contribution in [0, 0.1) is 13.8 Å². The van der Waals surface area contributed by atoms with Crippen LogP contribution in [-0.4, -0.2) is 10.1 Å². The second kappa shape index (κ2) is 2.73. The molecule has 0 bridgehead atoms. The number of nitrogens with zero attached hydrogens (tertiary/aromatic N) is 1. The third-order valence-electron chi connectivity index (χ3n) is 2.21. The first-order chi connectivity index (χ1) is 6.18. The molecular weight excluding hydrogens is 162 g/mol. The van der Waals surface area contributed by atoms with Crippen LogP contribution in [0.4, 0.5) is 0 Å². The molecule has 1 heterocycles. The molecule has 0 aliphatic carbocycles. The van der Waals surface area contributed by atoms with E-state index < -0.39 is 0 Å². The molecule has 0 radical (unpaired) electrons. The molecule has 2 rings (SSSR count). The van der Waals surface area contributed by atoms with Crippen LogP contribution in [-0.2, 0) is 0 Å². The highest BCUT2D eigenvalue weighted by atomic mass is 16.3. The van der Waals surface area contributed by atoms with E-state index in [0.29, 0.717) is 5.69 Å². The van der Waals surface area contributed by atoms with Crippen molar-refractivity contribution < 1.29 is 5.11 Å². The molecule has 1 aromatic heterocycles. The molecule has 2 heteroatoms. The van der Waals surface area contributed by atoms with E-state index in [2.05, 4.69) is 4.98 Å². The first kappa shape index (κ1) is 8.05. The van der Waals surface area contributed by atoms with Gasteiger partial charge in [0.25, 0.3) is 0 Å². The lowest BCUT2D eigenvalue weighted by molar-refractivity contribution is 0.469. The maximum Gasteiger partial charge on any atom is 0.137 e. The van der Waals surface area contributed by atoms with E-state index in [-0.39, 0.29) is 5.75 Å². The Morgan fingerprint density at radius 1 is 1.23 bits per heavy atom. The quantitative estimate of drug-likeness (QED) is 0.664. The molecule has 0 fully saturated rings. The molecule has 0 unspecified atom stereocenters. The van der Waals surface area contributed by atoms with E-state index in [9.17, 15) is 5.11 Å². The smallest absolute Gasteiger partial charge is 0.137 e. The summed E-state index contributed by atoms with van der Waals surface area (Å²) in [5, 5.41) is 10.4. The standard InChI is InChI=1S/C11H11NO/c1-7-4-3-5-9-6-10(13)8(2)12-11(7)9/h3-6,13H,1-2H3. The van der Waals surface area contributed by atoms with E-state index in [1.165, 1.54) is 0 Å². The summed E-state index contributed by atoms with van der Waals surface area (Å²) in [6.45, 7) is 3.83. The number of fused-ring (bicyclic) bond motifs is 1. The zero-order chi connectivity index (χ0) is 9.42. The van der Waals surface area contributed by atoms with Gasteiger partial charge < -0.3 is 5.11 Å². The van der Waals surface area contributed by atoms with Gasteiger partial charge in [-0.3, -0.25) is 0 Å². The molecule has 13 heavy (non-hydrogen) atoms. The van der Waals surface area contributed by atoms with E-state index >= 15 is 0 Å². The monoisotopic (exact) mass is 173 g/mol. The summed E-state index contributed by atoms with van der Waals surface area (Å²) in [7, 11) is 0. The molecule has 0 spiro atoms. The average Bonchev–Trinajstić information content (AvgIpc) is 2.09. The molecule has 1 N–H and O–H groups in total. The van der Waals surface area contributed by atoms with Crippen molar-refractivity contribution in [3.8, 4) is 5.75 Å². The summed E-state index contributed by atoms with van der Waals surface area (Å²) in [5.74, 6) is 0.262. The molecule has 1 aromatic carbocycles. The lowest BCUT2D eigenvalue weighted by atomic mass is 10.1. The number of aryl methyl sites for hydroxylation is 2. The summed E-state index contributed by atoms with van der Waals surface area (Å²) < 4.78 is 0. The van der Waals surface area contributed by atoms with Crippen LogP contribution in [0.15, 0.2) is 24.3 Å². The third-order valence-corrected chi connectivity index (χ3v) is 2.21. The Hall–Kier alpha value is -1.57. The van der Waals surface area contributed by atoms with Gasteiger partial charge in [-0.25, -0.2) is 4.98 Å². The van der Waals surface area contributed by atoms with Gasteiger partial charge in [-0.05, 0) is 25.5 Å². The van der Waals surface area contributed by atoms with Crippen molar-refractivity contribution in [2.45, 2.75) is 13.8 Å². The van der Waals surface area contributed by atoms with Gasteiger partial charge in [0.2, 0.25) is 0 Å². The van der Waals surface area contributed by atoms with Gasteiger partial charge in [-0.1, -0.05) is 18.2 Å². The van der Waals surface area contributed by atoms with Gasteiger partial charge in [0.1, 0.15) is 5.75 Å². The summed E-state index contributed by atoms with van der Waals surface area (Å²) >= 11 is 0. The molecule has 2 aromatic rings. The van der Waals surface area contributed by atoms with Crippen LogP contribution >= 0.6 is 0 Å². The topological polar surface area (TPSA) is 33.1 Å². The predicted octanol–water partition coefficient (Wildman–Crippen LogP) is 2.56. The first-order valence-corrected chi connectivity index (χ1v) is 4.24. The number of aromatic hydroxyl groups is 1. The molecule has 0 atom stereocenters. The van der Waals surface area contributed by atoms with Gasteiger partial charge >= 0.3 is 0 Å². The minimum atomic E-state index is 0.262. The van der Waals surface area contributed by atoms with Crippen molar-refractivity contribution in [3.05, 3.63) is 35.5 Å². The normalized spacial score (nSPS) is 10.6. The SMILES string of the molecule is Cc1nc2c(C)cccc2cc1O. The second-order valence-electron chi connectivity index (χ2n) is 3.24. The van der Waals surface area contributed by atoms with E-state index in [4.69, 9.17) is 0 Å². The number of para-hydroxylation sites is 1. The minimum Gasteiger partial charge on any atom is -0.506 e. The highest BCUT2D eigenvalue weighted by Gasteiger charge is 2.02.